The SMILES string of the molecule is C\C=C(/C(=C\C=C(/C)OCC)C(N)=NC(=O)CC(C)N(CCC)c1cc(Br)cnc1C#N)C(F)(F)F. The number of halogens is 4. The van der Waals surface area contributed by atoms with Gasteiger partial charge in [0.1, 0.15) is 11.9 Å². The predicted octanol–water partition coefficient (Wildman–Crippen LogP) is 5.97. The number of amides is 1. The van der Waals surface area contributed by atoms with Gasteiger partial charge in [-0.1, -0.05) is 13.0 Å². The molecule has 2 N–H and O–H groups in total. The van der Waals surface area contributed by atoms with E-state index in [1.807, 2.05) is 17.9 Å². The van der Waals surface area contributed by atoms with Crippen LogP contribution in [0, 0.1) is 11.3 Å². The Balaban J connectivity index is 3.34. The van der Waals surface area contributed by atoms with Crippen LogP contribution in [0.15, 0.2) is 56.9 Å². The minimum atomic E-state index is -4.70. The van der Waals surface area contributed by atoms with Crippen molar-refractivity contribution in [2.75, 3.05) is 18.1 Å². The molecule has 11 heteroatoms. The molecule has 196 valence electrons. The maximum Gasteiger partial charge on any atom is 0.416 e. The Kier molecular flexibility index (Phi) is 12.4. The molecule has 0 aliphatic rings. The number of alkyl halides is 3. The normalized spacial score (nSPS) is 14.3. The van der Waals surface area contributed by atoms with Gasteiger partial charge in [0.05, 0.1) is 23.6 Å². The van der Waals surface area contributed by atoms with Crippen LogP contribution < -0.4 is 10.6 Å². The highest BCUT2D eigenvalue weighted by Crippen LogP contribution is 2.32. The summed E-state index contributed by atoms with van der Waals surface area (Å²) in [4.78, 5) is 22.5. The van der Waals surface area contributed by atoms with Gasteiger partial charge in [0, 0.05) is 35.3 Å². The van der Waals surface area contributed by atoms with E-state index in [-0.39, 0.29) is 12.1 Å². The van der Waals surface area contributed by atoms with Crippen molar-refractivity contribution in [1.29, 1.82) is 5.26 Å². The van der Waals surface area contributed by atoms with Gasteiger partial charge in [-0.15, -0.1) is 0 Å². The van der Waals surface area contributed by atoms with E-state index in [1.54, 1.807) is 26.8 Å². The number of nitrogens with two attached hydrogens (primary N) is 1. The van der Waals surface area contributed by atoms with Gasteiger partial charge in [-0.25, -0.2) is 4.98 Å². The van der Waals surface area contributed by atoms with Crippen LogP contribution in [-0.4, -0.2) is 42.1 Å². The summed E-state index contributed by atoms with van der Waals surface area (Å²) in [7, 11) is 0. The molecule has 1 amide bonds. The van der Waals surface area contributed by atoms with Crippen molar-refractivity contribution < 1.29 is 22.7 Å². The molecule has 1 unspecified atom stereocenters. The average Bonchev–Trinajstić information content (AvgIpc) is 2.79. The number of pyridine rings is 1. The van der Waals surface area contributed by atoms with Crippen molar-refractivity contribution in [3.63, 3.8) is 0 Å². The summed E-state index contributed by atoms with van der Waals surface area (Å²) in [6, 6.07) is 3.34. The zero-order valence-electron chi connectivity index (χ0n) is 21.0. The van der Waals surface area contributed by atoms with Gasteiger partial charge in [-0.3, -0.25) is 4.79 Å². The highest BCUT2D eigenvalue weighted by Gasteiger charge is 2.36. The second-order valence-corrected chi connectivity index (χ2v) is 8.68. The molecule has 0 saturated heterocycles. The molecule has 1 aromatic heterocycles. The number of carbonyl (C=O) groups excluding carboxylic acids is 1. The molecule has 0 bridgehead atoms. The Bertz CT molecular complexity index is 1090. The zero-order valence-corrected chi connectivity index (χ0v) is 22.6. The Labute approximate surface area is 218 Å². The summed E-state index contributed by atoms with van der Waals surface area (Å²) in [5.74, 6) is -0.870. The van der Waals surface area contributed by atoms with E-state index >= 15 is 0 Å². The van der Waals surface area contributed by atoms with Crippen molar-refractivity contribution in [1.82, 2.24) is 4.98 Å². The molecule has 0 aromatic carbocycles. The van der Waals surface area contributed by atoms with Crippen molar-refractivity contribution in [2.45, 2.75) is 59.7 Å². The van der Waals surface area contributed by atoms with Gasteiger partial charge >= 0.3 is 6.18 Å². The smallest absolute Gasteiger partial charge is 0.416 e. The van der Waals surface area contributed by atoms with Crippen molar-refractivity contribution >= 4 is 33.4 Å². The summed E-state index contributed by atoms with van der Waals surface area (Å²) < 4.78 is 46.8. The number of allylic oxidation sites excluding steroid dienone is 4. The lowest BCUT2D eigenvalue weighted by Crippen LogP contribution is -2.36. The molecule has 0 aliphatic carbocycles. The third kappa shape index (κ3) is 9.15. The monoisotopic (exact) mass is 569 g/mol. The number of aromatic nitrogens is 1. The van der Waals surface area contributed by atoms with E-state index in [0.717, 1.165) is 18.6 Å². The van der Waals surface area contributed by atoms with Crippen LogP contribution in [0.2, 0.25) is 0 Å². The van der Waals surface area contributed by atoms with Gasteiger partial charge in [0.2, 0.25) is 5.91 Å². The predicted molar refractivity (Wildman–Crippen MR) is 138 cm³/mol. The number of anilines is 1. The molecule has 7 nitrogen and oxygen atoms in total. The van der Waals surface area contributed by atoms with Gasteiger partial charge < -0.3 is 15.4 Å². The average molecular weight is 570 g/mol. The van der Waals surface area contributed by atoms with Crippen molar-refractivity contribution in [3.05, 3.63) is 57.6 Å². The van der Waals surface area contributed by atoms with Crippen LogP contribution in [0.5, 0.6) is 0 Å². The Morgan fingerprint density at radius 2 is 2.06 bits per heavy atom. The number of ether oxygens (including phenoxy) is 1. The Morgan fingerprint density at radius 1 is 1.39 bits per heavy atom. The maximum atomic E-state index is 13.6. The lowest BCUT2D eigenvalue weighted by Gasteiger charge is -2.31. The molecule has 0 fully saturated rings. The van der Waals surface area contributed by atoms with E-state index in [9.17, 15) is 23.2 Å². The van der Waals surface area contributed by atoms with Gasteiger partial charge in [-0.05, 0) is 68.3 Å². The second-order valence-electron chi connectivity index (χ2n) is 7.76. The topological polar surface area (TPSA) is 105 Å². The number of amidine groups is 1. The fraction of sp³-hybridized carbons (Fsp3) is 0.440. The third-order valence-corrected chi connectivity index (χ3v) is 5.41. The van der Waals surface area contributed by atoms with Crippen LogP contribution in [0.1, 0.15) is 53.2 Å². The first kappa shape index (κ1) is 30.9. The van der Waals surface area contributed by atoms with Crippen molar-refractivity contribution in [2.24, 2.45) is 10.7 Å². The van der Waals surface area contributed by atoms with Crippen LogP contribution in [0.3, 0.4) is 0 Å². The number of rotatable bonds is 11. The molecule has 1 rings (SSSR count). The second kappa shape index (κ2) is 14.4. The van der Waals surface area contributed by atoms with Gasteiger partial charge in [0.25, 0.3) is 0 Å². The van der Waals surface area contributed by atoms with Crippen LogP contribution in [0.4, 0.5) is 18.9 Å². The minimum Gasteiger partial charge on any atom is -0.499 e. The van der Waals surface area contributed by atoms with Crippen LogP contribution >= 0.6 is 15.9 Å². The summed E-state index contributed by atoms with van der Waals surface area (Å²) in [5.41, 5.74) is 5.20. The summed E-state index contributed by atoms with van der Waals surface area (Å²) in [6.07, 6.45) is 0.727. The van der Waals surface area contributed by atoms with Gasteiger partial charge in [0.15, 0.2) is 5.69 Å². The Morgan fingerprint density at radius 3 is 2.58 bits per heavy atom. The molecular formula is C25H31BrF3N5O2. The third-order valence-electron chi connectivity index (χ3n) is 4.98. The zero-order chi connectivity index (χ0) is 27.5. The molecule has 0 spiro atoms. The molecule has 0 radical (unpaired) electrons. The molecule has 0 saturated carbocycles. The van der Waals surface area contributed by atoms with Crippen molar-refractivity contribution in [3.8, 4) is 6.07 Å². The number of hydrogen-bond acceptors (Lipinski definition) is 5. The van der Waals surface area contributed by atoms with Crippen LogP contribution in [0.25, 0.3) is 0 Å². The molecular weight excluding hydrogens is 539 g/mol. The number of carbonyl (C=O) groups is 1. The Hall–Kier alpha value is -3.13. The van der Waals surface area contributed by atoms with E-state index in [4.69, 9.17) is 10.5 Å². The van der Waals surface area contributed by atoms with E-state index in [0.29, 0.717) is 29.1 Å². The maximum absolute atomic E-state index is 13.6. The molecule has 1 atom stereocenters. The summed E-state index contributed by atoms with van der Waals surface area (Å²) in [5, 5.41) is 9.46. The molecule has 1 heterocycles. The lowest BCUT2D eigenvalue weighted by molar-refractivity contribution is -0.118. The first-order valence-corrected chi connectivity index (χ1v) is 12.1. The highest BCUT2D eigenvalue weighted by atomic mass is 79.9. The standard InChI is InChI=1S/C25H31BrF3N5O2/c1-6-11-34(22-13-18(26)15-32-21(22)14-30)16(4)12-23(35)33-24(31)19(10-9-17(5)36-8-3)20(7-2)25(27,28)29/h7,9-10,13,15-16H,6,8,11-12H2,1-5H3,(H2,31,33,35)/b17-9+,19-10+,20-7+. The minimum absolute atomic E-state index is 0.142. The number of nitrogens with zero attached hydrogens (tertiary/aromatic N) is 4. The molecule has 36 heavy (non-hydrogen) atoms. The first-order valence-electron chi connectivity index (χ1n) is 11.3. The quantitative estimate of drug-likeness (QED) is 0.152. The summed E-state index contributed by atoms with van der Waals surface area (Å²) in [6.45, 7) is 9.14. The highest BCUT2D eigenvalue weighted by molar-refractivity contribution is 9.10. The van der Waals surface area contributed by atoms with E-state index in [1.165, 1.54) is 19.2 Å². The molecule has 1 aromatic rings. The lowest BCUT2D eigenvalue weighted by atomic mass is 10.0. The molecule has 0 aliphatic heterocycles. The van der Waals surface area contributed by atoms with E-state index < -0.39 is 35.1 Å². The van der Waals surface area contributed by atoms with E-state index in [2.05, 4.69) is 25.9 Å². The number of aliphatic imine (C=N–C) groups is 1. The van der Waals surface area contributed by atoms with Crippen LogP contribution in [-0.2, 0) is 9.53 Å². The number of hydrogen-bond donors (Lipinski definition) is 1. The van der Waals surface area contributed by atoms with Gasteiger partial charge in [-0.2, -0.15) is 23.4 Å². The largest absolute Gasteiger partial charge is 0.499 e. The fourth-order valence-electron chi connectivity index (χ4n) is 3.42. The summed E-state index contributed by atoms with van der Waals surface area (Å²) >= 11 is 3.34. The number of nitriles is 1. The first-order chi connectivity index (χ1) is 16.9. The fourth-order valence-corrected chi connectivity index (χ4v) is 3.74.